The highest BCUT2D eigenvalue weighted by Gasteiger charge is 2.26. The van der Waals surface area contributed by atoms with Crippen LogP contribution in [0.15, 0.2) is 36.4 Å². The fraction of sp³-hybridized carbons (Fsp3) is 0.294. The number of benzene rings is 1. The summed E-state index contributed by atoms with van der Waals surface area (Å²) in [6.07, 6.45) is 0.690. The van der Waals surface area contributed by atoms with Crippen LogP contribution in [-0.2, 0) is 4.79 Å². The minimum absolute atomic E-state index is 0.0252. The molecule has 1 aromatic carbocycles. The van der Waals surface area contributed by atoms with Gasteiger partial charge in [0, 0.05) is 6.54 Å². The van der Waals surface area contributed by atoms with Crippen LogP contribution in [0.4, 0.5) is 11.6 Å². The van der Waals surface area contributed by atoms with Gasteiger partial charge in [0.1, 0.15) is 11.6 Å². The molecule has 0 saturated heterocycles. The van der Waals surface area contributed by atoms with Gasteiger partial charge in [-0.25, -0.2) is 4.98 Å². The molecule has 0 radical (unpaired) electrons. The van der Waals surface area contributed by atoms with Gasteiger partial charge in [-0.3, -0.25) is 9.69 Å². The summed E-state index contributed by atoms with van der Waals surface area (Å²) < 4.78 is 11.1. The molecule has 1 aliphatic heterocycles. The first-order valence-electron chi connectivity index (χ1n) is 7.52. The van der Waals surface area contributed by atoms with Crippen LogP contribution in [-0.4, -0.2) is 30.6 Å². The lowest BCUT2D eigenvalue weighted by molar-refractivity contribution is -0.121. The zero-order valence-corrected chi connectivity index (χ0v) is 13.0. The van der Waals surface area contributed by atoms with Gasteiger partial charge in [0.05, 0.1) is 6.61 Å². The van der Waals surface area contributed by atoms with E-state index < -0.39 is 0 Å². The van der Waals surface area contributed by atoms with E-state index in [0.717, 1.165) is 5.75 Å². The van der Waals surface area contributed by atoms with Crippen LogP contribution in [0, 0.1) is 6.92 Å². The smallest absolute Gasteiger partial charge is 0.266 e. The lowest BCUT2D eigenvalue weighted by Gasteiger charge is -2.28. The van der Waals surface area contributed by atoms with Crippen LogP contribution in [0.5, 0.6) is 11.5 Å². The van der Waals surface area contributed by atoms with Crippen LogP contribution in [0.3, 0.4) is 0 Å². The summed E-state index contributed by atoms with van der Waals surface area (Å²) in [5.74, 6) is 2.13. The largest absolute Gasteiger partial charge is 0.494 e. The Morgan fingerprint density at radius 3 is 2.83 bits per heavy atom. The average Bonchev–Trinajstić information content (AvgIpc) is 2.55. The first-order valence-corrected chi connectivity index (χ1v) is 7.52. The van der Waals surface area contributed by atoms with E-state index in [0.29, 0.717) is 37.0 Å². The van der Waals surface area contributed by atoms with Gasteiger partial charge < -0.3 is 15.2 Å². The summed E-state index contributed by atoms with van der Waals surface area (Å²) in [5.41, 5.74) is 6.89. The summed E-state index contributed by atoms with van der Waals surface area (Å²) in [5, 5.41) is 0. The molecule has 2 aromatic rings. The normalized spacial score (nSPS) is 13.4. The number of carbonyl (C=O) groups excluding carboxylic acids is 1. The quantitative estimate of drug-likeness (QED) is 0.856. The number of aromatic nitrogens is 1. The van der Waals surface area contributed by atoms with Gasteiger partial charge in [-0.15, -0.1) is 0 Å². The minimum atomic E-state index is -0.120. The third-order valence-corrected chi connectivity index (χ3v) is 3.58. The van der Waals surface area contributed by atoms with E-state index in [1.165, 1.54) is 5.56 Å². The molecule has 6 heteroatoms. The Kier molecular flexibility index (Phi) is 4.32. The number of rotatable bonds is 5. The molecule has 0 atom stereocenters. The average molecular weight is 313 g/mol. The topological polar surface area (TPSA) is 77.7 Å². The summed E-state index contributed by atoms with van der Waals surface area (Å²) in [4.78, 5) is 17.9. The van der Waals surface area contributed by atoms with Gasteiger partial charge >= 0.3 is 0 Å². The number of aryl methyl sites for hydroxylation is 1. The lowest BCUT2D eigenvalue weighted by Crippen LogP contribution is -2.40. The fourth-order valence-corrected chi connectivity index (χ4v) is 2.37. The molecule has 23 heavy (non-hydrogen) atoms. The maximum atomic E-state index is 12.0. The van der Waals surface area contributed by atoms with Crippen LogP contribution in [0.1, 0.15) is 12.0 Å². The van der Waals surface area contributed by atoms with Gasteiger partial charge in [0.15, 0.2) is 18.2 Å². The van der Waals surface area contributed by atoms with Crippen molar-refractivity contribution in [1.82, 2.24) is 4.98 Å². The van der Waals surface area contributed by atoms with Gasteiger partial charge in [-0.2, -0.15) is 0 Å². The van der Waals surface area contributed by atoms with E-state index in [1.807, 2.05) is 31.2 Å². The molecule has 1 aromatic heterocycles. The van der Waals surface area contributed by atoms with Crippen LogP contribution in [0.2, 0.25) is 0 Å². The van der Waals surface area contributed by atoms with Gasteiger partial charge in [-0.1, -0.05) is 17.7 Å². The predicted octanol–water partition coefficient (Wildman–Crippen LogP) is 2.17. The number of nitrogen functional groups attached to an aromatic ring is 1. The maximum Gasteiger partial charge on any atom is 0.266 e. The number of ether oxygens (including phenoxy) is 2. The highest BCUT2D eigenvalue weighted by molar-refractivity contribution is 5.96. The standard InChI is InChI=1S/C17H19N3O3/c1-12-3-5-13(6-4-12)22-10-2-9-20-16(21)11-23-14-7-8-15(18)19-17(14)20/h3-8H,2,9-11H2,1H3,(H2,18,19). The van der Waals surface area contributed by atoms with E-state index in [2.05, 4.69) is 4.98 Å². The number of amides is 1. The maximum absolute atomic E-state index is 12.0. The highest BCUT2D eigenvalue weighted by Crippen LogP contribution is 2.30. The molecule has 0 bridgehead atoms. The molecular weight excluding hydrogens is 294 g/mol. The van der Waals surface area contributed by atoms with Crippen LogP contribution in [0.25, 0.3) is 0 Å². The third kappa shape index (κ3) is 3.53. The fourth-order valence-electron chi connectivity index (χ4n) is 2.37. The predicted molar refractivity (Wildman–Crippen MR) is 87.8 cm³/mol. The second kappa shape index (κ2) is 6.56. The molecule has 6 nitrogen and oxygen atoms in total. The molecule has 0 spiro atoms. The van der Waals surface area contributed by atoms with E-state index in [-0.39, 0.29) is 12.5 Å². The van der Waals surface area contributed by atoms with Crippen molar-refractivity contribution in [3.8, 4) is 11.5 Å². The second-order valence-electron chi connectivity index (χ2n) is 5.41. The summed E-state index contributed by atoms with van der Waals surface area (Å²) >= 11 is 0. The number of anilines is 2. The lowest BCUT2D eigenvalue weighted by atomic mass is 10.2. The first kappa shape index (κ1) is 15.1. The van der Waals surface area contributed by atoms with Crippen molar-refractivity contribution < 1.29 is 14.3 Å². The Morgan fingerprint density at radius 1 is 1.26 bits per heavy atom. The van der Waals surface area contributed by atoms with E-state index in [1.54, 1.807) is 17.0 Å². The Balaban J connectivity index is 1.58. The minimum Gasteiger partial charge on any atom is -0.494 e. The summed E-state index contributed by atoms with van der Waals surface area (Å²) in [7, 11) is 0. The molecule has 120 valence electrons. The first-order chi connectivity index (χ1) is 11.1. The number of pyridine rings is 1. The monoisotopic (exact) mass is 313 g/mol. The molecular formula is C17H19N3O3. The molecule has 0 aliphatic carbocycles. The van der Waals surface area contributed by atoms with Gasteiger partial charge in [-0.05, 0) is 37.6 Å². The molecule has 3 rings (SSSR count). The number of hydrogen-bond acceptors (Lipinski definition) is 5. The molecule has 2 N–H and O–H groups in total. The van der Waals surface area contributed by atoms with Crippen molar-refractivity contribution in [3.05, 3.63) is 42.0 Å². The summed E-state index contributed by atoms with van der Waals surface area (Å²) in [6, 6.07) is 11.3. The molecule has 1 aliphatic rings. The molecule has 2 heterocycles. The number of fused-ring (bicyclic) bond motifs is 1. The molecule has 0 saturated carbocycles. The van der Waals surface area contributed by atoms with Crippen molar-refractivity contribution in [2.24, 2.45) is 0 Å². The van der Waals surface area contributed by atoms with Gasteiger partial charge in [0.2, 0.25) is 0 Å². The second-order valence-corrected chi connectivity index (χ2v) is 5.41. The van der Waals surface area contributed by atoms with Crippen LogP contribution < -0.4 is 20.1 Å². The number of hydrogen-bond donors (Lipinski definition) is 1. The van der Waals surface area contributed by atoms with Crippen molar-refractivity contribution in [2.45, 2.75) is 13.3 Å². The Labute approximate surface area is 134 Å². The Morgan fingerprint density at radius 2 is 2.04 bits per heavy atom. The SMILES string of the molecule is Cc1ccc(OCCCN2C(=O)COc3ccc(N)nc32)cc1. The number of nitrogens with zero attached hydrogens (tertiary/aromatic N) is 2. The van der Waals surface area contributed by atoms with Crippen molar-refractivity contribution in [2.75, 3.05) is 30.4 Å². The summed E-state index contributed by atoms with van der Waals surface area (Å²) in [6.45, 7) is 3.09. The van der Waals surface area contributed by atoms with E-state index in [4.69, 9.17) is 15.2 Å². The third-order valence-electron chi connectivity index (χ3n) is 3.58. The zero-order chi connectivity index (χ0) is 16.2. The number of carbonyl (C=O) groups is 1. The Bertz CT molecular complexity index is 701. The van der Waals surface area contributed by atoms with Crippen molar-refractivity contribution in [1.29, 1.82) is 0 Å². The van der Waals surface area contributed by atoms with E-state index in [9.17, 15) is 4.79 Å². The zero-order valence-electron chi connectivity index (χ0n) is 13.0. The number of nitrogens with two attached hydrogens (primary N) is 1. The molecule has 0 fully saturated rings. The van der Waals surface area contributed by atoms with Crippen LogP contribution >= 0.6 is 0 Å². The highest BCUT2D eigenvalue weighted by atomic mass is 16.5. The van der Waals surface area contributed by atoms with Gasteiger partial charge in [0.25, 0.3) is 5.91 Å². The van der Waals surface area contributed by atoms with Crippen molar-refractivity contribution >= 4 is 17.5 Å². The molecule has 0 unspecified atom stereocenters. The van der Waals surface area contributed by atoms with Crippen molar-refractivity contribution in [3.63, 3.8) is 0 Å². The van der Waals surface area contributed by atoms with E-state index >= 15 is 0 Å². The molecule has 1 amide bonds. The Hall–Kier alpha value is -2.76.